The van der Waals surface area contributed by atoms with E-state index in [1.807, 2.05) is 0 Å². The molecule has 0 aliphatic carbocycles. The minimum Gasteiger partial charge on any atom is -0.354 e. The minimum atomic E-state index is -0.426. The first-order valence-corrected chi connectivity index (χ1v) is 5.76. The maximum Gasteiger partial charge on any atom is 0.253 e. The van der Waals surface area contributed by atoms with Crippen molar-refractivity contribution in [2.24, 2.45) is 0 Å². The molecule has 2 heterocycles. The molecule has 1 fully saturated rings. The second kappa shape index (κ2) is 5.43. The standard InChI is InChI=1S/C12H15N3O2/c16-11(9-4-3-6-13-8-9)15-10-5-1-2-7-14-12(10)17/h3-4,6,8,10H,1-2,5,7H2,(H,14,17)(H,15,16)/t10-/m1/s1. The first kappa shape index (κ1) is 11.6. The Morgan fingerprint density at radius 1 is 1.47 bits per heavy atom. The van der Waals surface area contributed by atoms with Gasteiger partial charge in [0.2, 0.25) is 5.91 Å². The van der Waals surface area contributed by atoms with Crippen LogP contribution in [-0.2, 0) is 4.79 Å². The van der Waals surface area contributed by atoms with E-state index in [0.29, 0.717) is 18.5 Å². The monoisotopic (exact) mass is 233 g/mol. The fourth-order valence-corrected chi connectivity index (χ4v) is 1.82. The van der Waals surface area contributed by atoms with E-state index in [9.17, 15) is 9.59 Å². The zero-order valence-electron chi connectivity index (χ0n) is 9.48. The van der Waals surface area contributed by atoms with Gasteiger partial charge in [-0.05, 0) is 31.4 Å². The summed E-state index contributed by atoms with van der Waals surface area (Å²) in [5.74, 6) is -0.347. The van der Waals surface area contributed by atoms with Crippen molar-refractivity contribution in [3.63, 3.8) is 0 Å². The molecule has 0 saturated carbocycles. The van der Waals surface area contributed by atoms with E-state index in [1.54, 1.807) is 18.3 Å². The first-order valence-electron chi connectivity index (χ1n) is 5.76. The maximum absolute atomic E-state index is 11.8. The molecule has 2 N–H and O–H groups in total. The van der Waals surface area contributed by atoms with E-state index >= 15 is 0 Å². The number of hydrogen-bond acceptors (Lipinski definition) is 3. The molecule has 0 spiro atoms. The summed E-state index contributed by atoms with van der Waals surface area (Å²) in [7, 11) is 0. The summed E-state index contributed by atoms with van der Waals surface area (Å²) in [6, 6.07) is 2.95. The van der Waals surface area contributed by atoms with Crippen LogP contribution in [0.25, 0.3) is 0 Å². The van der Waals surface area contributed by atoms with Crippen molar-refractivity contribution in [2.45, 2.75) is 25.3 Å². The van der Waals surface area contributed by atoms with Gasteiger partial charge in [-0.25, -0.2) is 0 Å². The molecule has 5 nitrogen and oxygen atoms in total. The molecule has 5 heteroatoms. The van der Waals surface area contributed by atoms with Crippen LogP contribution in [0, 0.1) is 0 Å². The molecule has 17 heavy (non-hydrogen) atoms. The van der Waals surface area contributed by atoms with Gasteiger partial charge in [0, 0.05) is 18.9 Å². The number of rotatable bonds is 2. The summed E-state index contributed by atoms with van der Waals surface area (Å²) in [4.78, 5) is 27.4. The van der Waals surface area contributed by atoms with Crippen molar-refractivity contribution in [2.75, 3.05) is 6.54 Å². The van der Waals surface area contributed by atoms with Gasteiger partial charge in [0.1, 0.15) is 6.04 Å². The Kier molecular flexibility index (Phi) is 3.69. The highest BCUT2D eigenvalue weighted by molar-refractivity contribution is 5.97. The lowest BCUT2D eigenvalue weighted by atomic mass is 10.1. The molecule has 0 bridgehead atoms. The number of aromatic nitrogens is 1. The fraction of sp³-hybridized carbons (Fsp3) is 0.417. The van der Waals surface area contributed by atoms with Gasteiger partial charge in [-0.3, -0.25) is 14.6 Å². The Morgan fingerprint density at radius 3 is 3.12 bits per heavy atom. The van der Waals surface area contributed by atoms with E-state index in [1.165, 1.54) is 6.20 Å². The van der Waals surface area contributed by atoms with Crippen LogP contribution < -0.4 is 10.6 Å². The molecule has 1 atom stereocenters. The zero-order valence-corrected chi connectivity index (χ0v) is 9.48. The van der Waals surface area contributed by atoms with Crippen LogP contribution in [0.1, 0.15) is 29.6 Å². The van der Waals surface area contributed by atoms with E-state index in [2.05, 4.69) is 15.6 Å². The van der Waals surface area contributed by atoms with E-state index in [0.717, 1.165) is 12.8 Å². The number of nitrogens with one attached hydrogen (secondary N) is 2. The van der Waals surface area contributed by atoms with Crippen molar-refractivity contribution in [3.05, 3.63) is 30.1 Å². The quantitative estimate of drug-likeness (QED) is 0.780. The molecular weight excluding hydrogens is 218 g/mol. The Bertz CT molecular complexity index is 405. The number of pyridine rings is 1. The molecule has 0 aromatic carbocycles. The zero-order chi connectivity index (χ0) is 12.1. The predicted molar refractivity (Wildman–Crippen MR) is 62.4 cm³/mol. The minimum absolute atomic E-state index is 0.0975. The van der Waals surface area contributed by atoms with Crippen molar-refractivity contribution < 1.29 is 9.59 Å². The second-order valence-electron chi connectivity index (χ2n) is 4.05. The van der Waals surface area contributed by atoms with Crippen molar-refractivity contribution in [1.82, 2.24) is 15.6 Å². The van der Waals surface area contributed by atoms with Gasteiger partial charge < -0.3 is 10.6 Å². The van der Waals surface area contributed by atoms with Gasteiger partial charge in [-0.1, -0.05) is 0 Å². The van der Waals surface area contributed by atoms with Crippen molar-refractivity contribution in [1.29, 1.82) is 0 Å². The lowest BCUT2D eigenvalue weighted by Crippen LogP contribution is -2.45. The SMILES string of the molecule is O=C(N[C@@H]1CCCCNC1=O)c1cccnc1. The smallest absolute Gasteiger partial charge is 0.253 e. The van der Waals surface area contributed by atoms with Gasteiger partial charge in [-0.15, -0.1) is 0 Å². The third-order valence-electron chi connectivity index (χ3n) is 2.76. The van der Waals surface area contributed by atoms with Crippen LogP contribution in [0.4, 0.5) is 0 Å². The Balaban J connectivity index is 2.00. The maximum atomic E-state index is 11.8. The topological polar surface area (TPSA) is 71.1 Å². The molecule has 2 amide bonds. The Morgan fingerprint density at radius 2 is 2.35 bits per heavy atom. The van der Waals surface area contributed by atoms with Gasteiger partial charge in [-0.2, -0.15) is 0 Å². The highest BCUT2D eigenvalue weighted by Gasteiger charge is 2.22. The summed E-state index contributed by atoms with van der Waals surface area (Å²) in [5.41, 5.74) is 0.476. The summed E-state index contributed by atoms with van der Waals surface area (Å²) < 4.78 is 0. The van der Waals surface area contributed by atoms with Crippen LogP contribution in [0.2, 0.25) is 0 Å². The van der Waals surface area contributed by atoms with Gasteiger partial charge >= 0.3 is 0 Å². The average Bonchev–Trinajstić information content (AvgIpc) is 2.56. The van der Waals surface area contributed by atoms with Gasteiger partial charge in [0.25, 0.3) is 5.91 Å². The van der Waals surface area contributed by atoms with Crippen LogP contribution in [-0.4, -0.2) is 29.4 Å². The van der Waals surface area contributed by atoms with Crippen molar-refractivity contribution in [3.8, 4) is 0 Å². The molecule has 1 saturated heterocycles. The lowest BCUT2D eigenvalue weighted by Gasteiger charge is -2.14. The molecule has 1 aliphatic rings. The highest BCUT2D eigenvalue weighted by Crippen LogP contribution is 2.06. The van der Waals surface area contributed by atoms with Crippen molar-refractivity contribution >= 4 is 11.8 Å². The molecule has 2 rings (SSSR count). The third-order valence-corrected chi connectivity index (χ3v) is 2.76. The van der Waals surface area contributed by atoms with E-state index in [4.69, 9.17) is 0 Å². The summed E-state index contributed by atoms with van der Waals surface area (Å²) in [5, 5.41) is 5.52. The normalized spacial score (nSPS) is 20.2. The molecule has 1 aromatic rings. The number of nitrogens with zero attached hydrogens (tertiary/aromatic N) is 1. The molecule has 1 aliphatic heterocycles. The molecule has 0 unspecified atom stereocenters. The number of amides is 2. The second-order valence-corrected chi connectivity index (χ2v) is 4.05. The van der Waals surface area contributed by atoms with Crippen LogP contribution in [0.5, 0.6) is 0 Å². The van der Waals surface area contributed by atoms with Gasteiger partial charge in [0.05, 0.1) is 5.56 Å². The Labute approximate surface area is 99.6 Å². The van der Waals surface area contributed by atoms with Crippen LogP contribution in [0.15, 0.2) is 24.5 Å². The highest BCUT2D eigenvalue weighted by atomic mass is 16.2. The number of carbonyl (C=O) groups excluding carboxylic acids is 2. The van der Waals surface area contributed by atoms with Crippen LogP contribution in [0.3, 0.4) is 0 Å². The average molecular weight is 233 g/mol. The largest absolute Gasteiger partial charge is 0.354 e. The number of hydrogen-bond donors (Lipinski definition) is 2. The molecule has 1 aromatic heterocycles. The predicted octanol–water partition coefficient (Wildman–Crippen LogP) is 0.480. The number of carbonyl (C=O) groups is 2. The van der Waals surface area contributed by atoms with E-state index in [-0.39, 0.29) is 11.8 Å². The van der Waals surface area contributed by atoms with E-state index < -0.39 is 6.04 Å². The first-order chi connectivity index (χ1) is 8.27. The third kappa shape index (κ3) is 3.03. The molecule has 90 valence electrons. The molecular formula is C12H15N3O2. The summed E-state index contributed by atoms with van der Waals surface area (Å²) in [6.45, 7) is 0.693. The van der Waals surface area contributed by atoms with Crippen LogP contribution >= 0.6 is 0 Å². The Hall–Kier alpha value is -1.91. The summed E-state index contributed by atoms with van der Waals surface area (Å²) in [6.07, 6.45) is 5.69. The summed E-state index contributed by atoms with van der Waals surface area (Å²) >= 11 is 0. The molecule has 0 radical (unpaired) electrons. The van der Waals surface area contributed by atoms with Gasteiger partial charge in [0.15, 0.2) is 0 Å². The fourth-order valence-electron chi connectivity index (χ4n) is 1.82. The lowest BCUT2D eigenvalue weighted by molar-refractivity contribution is -0.122.